The molecule has 124 valence electrons. The molecule has 0 radical (unpaired) electrons. The van der Waals surface area contributed by atoms with Gasteiger partial charge in [0.25, 0.3) is 0 Å². The van der Waals surface area contributed by atoms with E-state index in [0.717, 1.165) is 16.9 Å². The molecule has 0 saturated carbocycles. The number of esters is 1. The Hall–Kier alpha value is -2.73. The van der Waals surface area contributed by atoms with Gasteiger partial charge in [0.15, 0.2) is 5.13 Å². The second-order valence-corrected chi connectivity index (χ2v) is 5.77. The minimum absolute atomic E-state index is 0.300. The van der Waals surface area contributed by atoms with Crippen LogP contribution in [0.25, 0.3) is 6.08 Å². The Bertz CT molecular complexity index is 764. The van der Waals surface area contributed by atoms with Gasteiger partial charge >= 0.3 is 5.97 Å². The first kappa shape index (κ1) is 17.6. The Balaban J connectivity index is 1.93. The zero-order chi connectivity index (χ0) is 17.4. The summed E-state index contributed by atoms with van der Waals surface area (Å²) in [5, 5.41) is 3.01. The van der Waals surface area contributed by atoms with Crippen LogP contribution in [0, 0.1) is 6.92 Å². The SMILES string of the molecule is CCOC(=O)c1sc(NC(=O)/C=C/C=C/c2ccccc2)nc1C. The average molecular weight is 342 g/mol. The molecular formula is C18H18N2O3S. The largest absolute Gasteiger partial charge is 0.462 e. The Kier molecular flexibility index (Phi) is 6.45. The number of hydrogen-bond acceptors (Lipinski definition) is 5. The van der Waals surface area contributed by atoms with Crippen molar-refractivity contribution in [1.29, 1.82) is 0 Å². The number of nitrogens with one attached hydrogen (secondary N) is 1. The summed E-state index contributed by atoms with van der Waals surface area (Å²) in [5.74, 6) is -0.730. The molecule has 0 aliphatic heterocycles. The minimum atomic E-state index is -0.422. The molecular weight excluding hydrogens is 324 g/mol. The van der Waals surface area contributed by atoms with E-state index in [2.05, 4.69) is 10.3 Å². The van der Waals surface area contributed by atoms with E-state index in [0.29, 0.717) is 22.3 Å². The smallest absolute Gasteiger partial charge is 0.350 e. The molecule has 0 aliphatic rings. The molecule has 0 fully saturated rings. The van der Waals surface area contributed by atoms with Crippen molar-refractivity contribution in [2.24, 2.45) is 0 Å². The lowest BCUT2D eigenvalue weighted by atomic mass is 10.2. The number of hydrogen-bond donors (Lipinski definition) is 1. The summed E-state index contributed by atoms with van der Waals surface area (Å²) in [7, 11) is 0. The number of aryl methyl sites for hydroxylation is 1. The molecule has 1 aromatic heterocycles. The van der Waals surface area contributed by atoms with Crippen LogP contribution in [0.4, 0.5) is 5.13 Å². The van der Waals surface area contributed by atoms with Crippen LogP contribution in [0.3, 0.4) is 0 Å². The molecule has 5 nitrogen and oxygen atoms in total. The van der Waals surface area contributed by atoms with Crippen molar-refractivity contribution in [2.75, 3.05) is 11.9 Å². The highest BCUT2D eigenvalue weighted by Gasteiger charge is 2.16. The summed E-state index contributed by atoms with van der Waals surface area (Å²) in [6, 6.07) is 9.78. The third-order valence-corrected chi connectivity index (χ3v) is 3.99. The predicted octanol–water partition coefficient (Wildman–Crippen LogP) is 3.84. The normalized spacial score (nSPS) is 11.1. The summed E-state index contributed by atoms with van der Waals surface area (Å²) in [6.07, 6.45) is 6.73. The molecule has 2 aromatic rings. The molecule has 1 N–H and O–H groups in total. The van der Waals surface area contributed by atoms with Crippen molar-refractivity contribution < 1.29 is 14.3 Å². The van der Waals surface area contributed by atoms with Crippen molar-refractivity contribution in [3.8, 4) is 0 Å². The quantitative estimate of drug-likeness (QED) is 0.492. The molecule has 6 heteroatoms. The topological polar surface area (TPSA) is 68.3 Å². The molecule has 1 heterocycles. The molecule has 0 saturated heterocycles. The molecule has 2 rings (SSSR count). The third kappa shape index (κ3) is 5.17. The zero-order valence-corrected chi connectivity index (χ0v) is 14.3. The first-order chi connectivity index (χ1) is 11.6. The Morgan fingerprint density at radius 2 is 2.00 bits per heavy atom. The lowest BCUT2D eigenvalue weighted by Crippen LogP contribution is -2.07. The lowest BCUT2D eigenvalue weighted by Gasteiger charge is -1.97. The van der Waals surface area contributed by atoms with Crippen LogP contribution in [0.15, 0.2) is 48.6 Å². The number of benzene rings is 1. The number of allylic oxidation sites excluding steroid dienone is 2. The average Bonchev–Trinajstić information content (AvgIpc) is 2.93. The molecule has 0 atom stereocenters. The van der Waals surface area contributed by atoms with Gasteiger partial charge in [0.2, 0.25) is 5.91 Å². The Labute approximate surface area is 144 Å². The number of anilines is 1. The third-order valence-electron chi connectivity index (χ3n) is 2.93. The number of amides is 1. The maximum atomic E-state index is 11.9. The molecule has 24 heavy (non-hydrogen) atoms. The molecule has 0 bridgehead atoms. The van der Waals surface area contributed by atoms with Gasteiger partial charge in [0, 0.05) is 6.08 Å². The first-order valence-electron chi connectivity index (χ1n) is 7.45. The number of ether oxygens (including phenoxy) is 1. The van der Waals surface area contributed by atoms with E-state index in [1.807, 2.05) is 36.4 Å². The van der Waals surface area contributed by atoms with E-state index in [9.17, 15) is 9.59 Å². The molecule has 0 spiro atoms. The summed E-state index contributed by atoms with van der Waals surface area (Å²) >= 11 is 1.10. The number of nitrogens with zero attached hydrogens (tertiary/aromatic N) is 1. The molecule has 1 amide bonds. The van der Waals surface area contributed by atoms with Gasteiger partial charge in [-0.05, 0) is 19.4 Å². The first-order valence-corrected chi connectivity index (χ1v) is 8.27. The maximum absolute atomic E-state index is 11.9. The fraction of sp³-hybridized carbons (Fsp3) is 0.167. The monoisotopic (exact) mass is 342 g/mol. The van der Waals surface area contributed by atoms with Gasteiger partial charge in [-0.2, -0.15) is 0 Å². The standard InChI is InChI=1S/C18H18N2O3S/c1-3-23-17(22)16-13(2)19-18(24-16)20-15(21)12-8-7-11-14-9-5-4-6-10-14/h4-12H,3H2,1-2H3,(H,19,20,21)/b11-7+,12-8+. The Morgan fingerprint density at radius 3 is 2.71 bits per heavy atom. The predicted molar refractivity (Wildman–Crippen MR) is 96.1 cm³/mol. The second kappa shape index (κ2) is 8.79. The van der Waals surface area contributed by atoms with Gasteiger partial charge in [-0.25, -0.2) is 9.78 Å². The van der Waals surface area contributed by atoms with Crippen LogP contribution in [-0.2, 0) is 9.53 Å². The van der Waals surface area contributed by atoms with Crippen molar-refractivity contribution in [2.45, 2.75) is 13.8 Å². The van der Waals surface area contributed by atoms with Crippen LogP contribution < -0.4 is 5.32 Å². The summed E-state index contributed by atoms with van der Waals surface area (Å²) in [6.45, 7) is 3.75. The van der Waals surface area contributed by atoms with E-state index in [1.165, 1.54) is 6.08 Å². The fourth-order valence-electron chi connectivity index (χ4n) is 1.86. The van der Waals surface area contributed by atoms with Crippen LogP contribution in [-0.4, -0.2) is 23.5 Å². The number of aromatic nitrogens is 1. The van der Waals surface area contributed by atoms with Crippen LogP contribution in [0.5, 0.6) is 0 Å². The van der Waals surface area contributed by atoms with E-state index in [4.69, 9.17) is 4.74 Å². The van der Waals surface area contributed by atoms with Gasteiger partial charge in [-0.15, -0.1) is 0 Å². The van der Waals surface area contributed by atoms with E-state index in [-0.39, 0.29) is 5.91 Å². The van der Waals surface area contributed by atoms with Crippen molar-refractivity contribution in [3.05, 3.63) is 64.7 Å². The highest BCUT2D eigenvalue weighted by Crippen LogP contribution is 2.23. The number of carbonyl (C=O) groups excluding carboxylic acids is 2. The van der Waals surface area contributed by atoms with Crippen LogP contribution in [0.2, 0.25) is 0 Å². The van der Waals surface area contributed by atoms with Gasteiger partial charge < -0.3 is 4.74 Å². The van der Waals surface area contributed by atoms with E-state index >= 15 is 0 Å². The minimum Gasteiger partial charge on any atom is -0.462 e. The van der Waals surface area contributed by atoms with E-state index < -0.39 is 5.97 Å². The highest BCUT2D eigenvalue weighted by atomic mass is 32.1. The van der Waals surface area contributed by atoms with Gasteiger partial charge in [-0.3, -0.25) is 10.1 Å². The number of rotatable bonds is 6. The maximum Gasteiger partial charge on any atom is 0.350 e. The lowest BCUT2D eigenvalue weighted by molar-refractivity contribution is -0.111. The van der Waals surface area contributed by atoms with Crippen LogP contribution in [0.1, 0.15) is 27.9 Å². The van der Waals surface area contributed by atoms with E-state index in [1.54, 1.807) is 26.0 Å². The van der Waals surface area contributed by atoms with Crippen molar-refractivity contribution >= 4 is 34.4 Å². The summed E-state index contributed by atoms with van der Waals surface area (Å²) in [5.41, 5.74) is 1.60. The van der Waals surface area contributed by atoms with Crippen LogP contribution >= 0.6 is 11.3 Å². The number of thiazole rings is 1. The zero-order valence-electron chi connectivity index (χ0n) is 13.5. The molecule has 0 unspecified atom stereocenters. The van der Waals surface area contributed by atoms with Gasteiger partial charge in [0.05, 0.1) is 12.3 Å². The summed E-state index contributed by atoms with van der Waals surface area (Å²) < 4.78 is 4.94. The van der Waals surface area contributed by atoms with Crippen molar-refractivity contribution in [3.63, 3.8) is 0 Å². The van der Waals surface area contributed by atoms with Gasteiger partial charge in [0.1, 0.15) is 4.88 Å². The fourth-order valence-corrected chi connectivity index (χ4v) is 2.72. The second-order valence-electron chi connectivity index (χ2n) is 4.77. The summed E-state index contributed by atoms with van der Waals surface area (Å²) in [4.78, 5) is 28.1. The van der Waals surface area contributed by atoms with Gasteiger partial charge in [-0.1, -0.05) is 59.9 Å². The van der Waals surface area contributed by atoms with Crippen molar-refractivity contribution in [1.82, 2.24) is 4.98 Å². The highest BCUT2D eigenvalue weighted by molar-refractivity contribution is 7.17. The number of carbonyl (C=O) groups is 2. The molecule has 0 aliphatic carbocycles. The Morgan fingerprint density at radius 1 is 1.25 bits per heavy atom. The molecule has 1 aromatic carbocycles.